The molecule has 2 amide bonds. The Balaban J connectivity index is 1.40. The van der Waals surface area contributed by atoms with E-state index in [2.05, 4.69) is 20.9 Å². The molecule has 2 heterocycles. The molecule has 0 spiro atoms. The summed E-state index contributed by atoms with van der Waals surface area (Å²) in [5.41, 5.74) is 1.63. The van der Waals surface area contributed by atoms with Crippen molar-refractivity contribution in [1.29, 1.82) is 0 Å². The molecule has 2 aromatic rings. The van der Waals surface area contributed by atoms with Crippen molar-refractivity contribution in [2.45, 2.75) is 38.5 Å². The molecule has 1 aliphatic heterocycles. The number of carbonyl (C=O) groups excluding carboxylic acids is 2. The largest absolute Gasteiger partial charge is 0.390 e. The van der Waals surface area contributed by atoms with Crippen LogP contribution < -0.4 is 16.0 Å². The molecule has 0 radical (unpaired) electrons. The van der Waals surface area contributed by atoms with Crippen LogP contribution in [0.25, 0.3) is 0 Å². The minimum absolute atomic E-state index is 0.104. The summed E-state index contributed by atoms with van der Waals surface area (Å²) in [6, 6.07) is 13.5. The van der Waals surface area contributed by atoms with Gasteiger partial charge < -0.3 is 26.0 Å². The standard InChI is InChI=1S/C23H31N5O3/c1-17(29)28-11-8-20(9-12-28)27-22-13-19(7-10-25-22)23(31)26-16-21(30)15-24-14-18-5-3-2-4-6-18/h2-7,10,13,20-21,24,30H,8-9,11-12,14-16H2,1H3,(H,25,27)(H,26,31). The number of hydrogen-bond donors (Lipinski definition) is 4. The van der Waals surface area contributed by atoms with Gasteiger partial charge in [-0.25, -0.2) is 4.98 Å². The highest BCUT2D eigenvalue weighted by Gasteiger charge is 2.21. The van der Waals surface area contributed by atoms with Crippen molar-refractivity contribution in [3.63, 3.8) is 0 Å². The Morgan fingerprint density at radius 1 is 1.16 bits per heavy atom. The van der Waals surface area contributed by atoms with Gasteiger partial charge in [-0.2, -0.15) is 0 Å². The van der Waals surface area contributed by atoms with Crippen LogP contribution in [-0.2, 0) is 11.3 Å². The second-order valence-electron chi connectivity index (χ2n) is 7.83. The molecule has 0 saturated carbocycles. The highest BCUT2D eigenvalue weighted by atomic mass is 16.3. The monoisotopic (exact) mass is 425 g/mol. The van der Waals surface area contributed by atoms with Gasteiger partial charge in [0.15, 0.2) is 0 Å². The Bertz CT molecular complexity index is 853. The summed E-state index contributed by atoms with van der Waals surface area (Å²) >= 11 is 0. The number of amides is 2. The van der Waals surface area contributed by atoms with Crippen molar-refractivity contribution in [3.05, 3.63) is 59.8 Å². The normalized spacial score (nSPS) is 15.4. The second kappa shape index (κ2) is 11.4. The summed E-state index contributed by atoms with van der Waals surface area (Å²) in [5, 5.41) is 19.4. The highest BCUT2D eigenvalue weighted by Crippen LogP contribution is 2.16. The van der Waals surface area contributed by atoms with Crippen LogP contribution in [0.15, 0.2) is 48.7 Å². The van der Waals surface area contributed by atoms with Crippen molar-refractivity contribution >= 4 is 17.6 Å². The zero-order valence-electron chi connectivity index (χ0n) is 17.9. The Morgan fingerprint density at radius 3 is 2.61 bits per heavy atom. The number of likely N-dealkylation sites (tertiary alicyclic amines) is 1. The fourth-order valence-corrected chi connectivity index (χ4v) is 3.56. The van der Waals surface area contributed by atoms with Crippen molar-refractivity contribution < 1.29 is 14.7 Å². The van der Waals surface area contributed by atoms with E-state index in [1.807, 2.05) is 35.2 Å². The lowest BCUT2D eigenvalue weighted by Crippen LogP contribution is -2.41. The molecule has 1 aliphatic rings. The van der Waals surface area contributed by atoms with Gasteiger partial charge in [0.25, 0.3) is 5.91 Å². The van der Waals surface area contributed by atoms with Gasteiger partial charge >= 0.3 is 0 Å². The molecule has 8 heteroatoms. The first-order chi connectivity index (χ1) is 15.0. The highest BCUT2D eigenvalue weighted by molar-refractivity contribution is 5.94. The molecular weight excluding hydrogens is 394 g/mol. The average Bonchev–Trinajstić information content (AvgIpc) is 2.79. The number of piperidine rings is 1. The van der Waals surface area contributed by atoms with E-state index in [0.29, 0.717) is 24.5 Å². The van der Waals surface area contributed by atoms with Crippen molar-refractivity contribution in [3.8, 4) is 0 Å². The fourth-order valence-electron chi connectivity index (χ4n) is 3.56. The lowest BCUT2D eigenvalue weighted by molar-refractivity contribution is -0.129. The zero-order chi connectivity index (χ0) is 22.1. The Kier molecular flexibility index (Phi) is 8.37. The number of aliphatic hydroxyl groups is 1. The van der Waals surface area contributed by atoms with Crippen LogP contribution in [0.3, 0.4) is 0 Å². The van der Waals surface area contributed by atoms with Crippen LogP contribution in [0.5, 0.6) is 0 Å². The number of carbonyl (C=O) groups is 2. The third kappa shape index (κ3) is 7.34. The number of aromatic nitrogens is 1. The quantitative estimate of drug-likeness (QED) is 0.484. The summed E-state index contributed by atoms with van der Waals surface area (Å²) in [6.07, 6.45) is 2.61. The van der Waals surface area contributed by atoms with E-state index in [-0.39, 0.29) is 24.4 Å². The smallest absolute Gasteiger partial charge is 0.251 e. The molecule has 8 nitrogen and oxygen atoms in total. The lowest BCUT2D eigenvalue weighted by Gasteiger charge is -2.32. The van der Waals surface area contributed by atoms with E-state index in [1.165, 1.54) is 0 Å². The summed E-state index contributed by atoms with van der Waals surface area (Å²) < 4.78 is 0. The van der Waals surface area contributed by atoms with Crippen LogP contribution in [0.2, 0.25) is 0 Å². The van der Waals surface area contributed by atoms with Crippen LogP contribution in [-0.4, -0.2) is 65.1 Å². The van der Waals surface area contributed by atoms with Crippen LogP contribution in [0.1, 0.15) is 35.7 Å². The Labute approximate surface area is 183 Å². The van der Waals surface area contributed by atoms with Crippen LogP contribution in [0.4, 0.5) is 5.82 Å². The first-order valence-electron chi connectivity index (χ1n) is 10.7. The number of hydrogen-bond acceptors (Lipinski definition) is 6. The first-order valence-corrected chi connectivity index (χ1v) is 10.7. The zero-order valence-corrected chi connectivity index (χ0v) is 17.9. The minimum atomic E-state index is -0.682. The molecule has 31 heavy (non-hydrogen) atoms. The van der Waals surface area contributed by atoms with Gasteiger partial charge in [-0.15, -0.1) is 0 Å². The fraction of sp³-hybridized carbons (Fsp3) is 0.435. The Morgan fingerprint density at radius 2 is 1.90 bits per heavy atom. The average molecular weight is 426 g/mol. The molecule has 1 saturated heterocycles. The molecule has 1 atom stereocenters. The van der Waals surface area contributed by atoms with Gasteiger partial charge in [0.2, 0.25) is 5.91 Å². The van der Waals surface area contributed by atoms with E-state index in [9.17, 15) is 14.7 Å². The van der Waals surface area contributed by atoms with Gasteiger partial charge in [-0.1, -0.05) is 30.3 Å². The van der Waals surface area contributed by atoms with E-state index < -0.39 is 6.10 Å². The molecule has 3 rings (SSSR count). The maximum atomic E-state index is 12.5. The maximum Gasteiger partial charge on any atom is 0.251 e. The summed E-state index contributed by atoms with van der Waals surface area (Å²) in [4.78, 5) is 30.1. The number of benzene rings is 1. The van der Waals surface area contributed by atoms with E-state index in [0.717, 1.165) is 31.5 Å². The van der Waals surface area contributed by atoms with Gasteiger partial charge in [-0.05, 0) is 30.5 Å². The molecule has 0 bridgehead atoms. The number of nitrogens with zero attached hydrogens (tertiary/aromatic N) is 2. The van der Waals surface area contributed by atoms with Gasteiger partial charge in [0, 0.05) is 57.4 Å². The SMILES string of the molecule is CC(=O)N1CCC(Nc2cc(C(=O)NCC(O)CNCc3ccccc3)ccn2)CC1. The number of rotatable bonds is 9. The van der Waals surface area contributed by atoms with Gasteiger partial charge in [0.05, 0.1) is 6.10 Å². The first kappa shape index (κ1) is 22.7. The molecular formula is C23H31N5O3. The number of anilines is 1. The third-order valence-corrected chi connectivity index (χ3v) is 5.36. The van der Waals surface area contributed by atoms with Crippen molar-refractivity contribution in [2.75, 3.05) is 31.5 Å². The maximum absolute atomic E-state index is 12.5. The predicted molar refractivity (Wildman–Crippen MR) is 120 cm³/mol. The molecule has 0 aliphatic carbocycles. The van der Waals surface area contributed by atoms with Crippen LogP contribution >= 0.6 is 0 Å². The number of aliphatic hydroxyl groups excluding tert-OH is 1. The summed E-state index contributed by atoms with van der Waals surface area (Å²) in [6.45, 7) is 4.25. The molecule has 4 N–H and O–H groups in total. The van der Waals surface area contributed by atoms with Crippen molar-refractivity contribution in [1.82, 2.24) is 20.5 Å². The Hall–Kier alpha value is -2.97. The van der Waals surface area contributed by atoms with E-state index in [4.69, 9.17) is 0 Å². The van der Waals surface area contributed by atoms with Crippen LogP contribution in [0, 0.1) is 0 Å². The van der Waals surface area contributed by atoms with E-state index in [1.54, 1.807) is 25.3 Å². The summed E-state index contributed by atoms with van der Waals surface area (Å²) in [7, 11) is 0. The number of nitrogens with one attached hydrogen (secondary N) is 3. The topological polar surface area (TPSA) is 107 Å². The molecule has 1 unspecified atom stereocenters. The minimum Gasteiger partial charge on any atom is -0.390 e. The third-order valence-electron chi connectivity index (χ3n) is 5.36. The van der Waals surface area contributed by atoms with Crippen molar-refractivity contribution in [2.24, 2.45) is 0 Å². The molecule has 166 valence electrons. The molecule has 1 aromatic carbocycles. The molecule has 1 aromatic heterocycles. The lowest BCUT2D eigenvalue weighted by atomic mass is 10.0. The summed E-state index contributed by atoms with van der Waals surface area (Å²) in [5.74, 6) is 0.491. The number of pyridine rings is 1. The van der Waals surface area contributed by atoms with E-state index >= 15 is 0 Å². The molecule has 1 fully saturated rings. The van der Waals surface area contributed by atoms with Gasteiger partial charge in [-0.3, -0.25) is 9.59 Å². The second-order valence-corrected chi connectivity index (χ2v) is 7.83. The predicted octanol–water partition coefficient (Wildman–Crippen LogP) is 1.38. The van der Waals surface area contributed by atoms with Gasteiger partial charge in [0.1, 0.15) is 5.82 Å².